The van der Waals surface area contributed by atoms with Crippen LogP contribution in [0.25, 0.3) is 11.1 Å². The number of methoxy groups -OCH3 is 1. The molecule has 6 heteroatoms. The summed E-state index contributed by atoms with van der Waals surface area (Å²) in [4.78, 5) is 4.34. The van der Waals surface area contributed by atoms with E-state index in [1.54, 1.807) is 19.2 Å². The van der Waals surface area contributed by atoms with Crippen LogP contribution in [0, 0.1) is 0 Å². The molecule has 2 rings (SSSR count). The van der Waals surface area contributed by atoms with Crippen LogP contribution < -0.4 is 5.73 Å². The minimum absolute atomic E-state index is 0.612. The van der Waals surface area contributed by atoms with E-state index in [1.165, 1.54) is 11.8 Å². The van der Waals surface area contributed by atoms with E-state index in [0.717, 1.165) is 16.9 Å². The number of anilines is 1. The van der Waals surface area contributed by atoms with Crippen molar-refractivity contribution in [2.24, 2.45) is 0 Å². The number of nitrogens with two attached hydrogens (primary N) is 1. The molecular weight excluding hydrogens is 252 g/mol. The molecule has 0 atom stereocenters. The molecule has 1 aromatic heterocycles. The normalized spacial score (nSPS) is 11.2. The van der Waals surface area contributed by atoms with E-state index in [4.69, 9.17) is 19.6 Å². The first kappa shape index (κ1) is 13.2. The molecular formula is C12H16N2O3S. The van der Waals surface area contributed by atoms with E-state index in [9.17, 15) is 0 Å². The molecule has 98 valence electrons. The quantitative estimate of drug-likeness (QED) is 0.471. The van der Waals surface area contributed by atoms with Crippen LogP contribution in [-0.2, 0) is 9.47 Å². The Morgan fingerprint density at radius 3 is 3.06 bits per heavy atom. The first-order chi connectivity index (χ1) is 8.79. The molecule has 18 heavy (non-hydrogen) atoms. The van der Waals surface area contributed by atoms with Crippen LogP contribution >= 0.6 is 11.8 Å². The molecule has 0 bridgehead atoms. The third-order valence-electron chi connectivity index (χ3n) is 2.28. The number of aromatic nitrogens is 1. The van der Waals surface area contributed by atoms with Gasteiger partial charge >= 0.3 is 0 Å². The van der Waals surface area contributed by atoms with Gasteiger partial charge in [-0.15, -0.1) is 0 Å². The maximum Gasteiger partial charge on any atom is 0.256 e. The number of oxazole rings is 1. The Bertz CT molecular complexity index is 501. The van der Waals surface area contributed by atoms with E-state index in [-0.39, 0.29) is 0 Å². The van der Waals surface area contributed by atoms with Crippen LogP contribution in [0.3, 0.4) is 0 Å². The minimum atomic E-state index is 0.612. The summed E-state index contributed by atoms with van der Waals surface area (Å²) in [6.07, 6.45) is 0. The summed E-state index contributed by atoms with van der Waals surface area (Å²) in [5.74, 6) is 0.798. The Labute approximate surface area is 110 Å². The van der Waals surface area contributed by atoms with Gasteiger partial charge in [0.1, 0.15) is 5.52 Å². The molecule has 0 aliphatic heterocycles. The van der Waals surface area contributed by atoms with Crippen LogP contribution in [-0.4, -0.2) is 37.7 Å². The van der Waals surface area contributed by atoms with Crippen molar-refractivity contribution in [3.8, 4) is 0 Å². The van der Waals surface area contributed by atoms with Gasteiger partial charge in [0.05, 0.1) is 19.8 Å². The van der Waals surface area contributed by atoms with Crippen LogP contribution in [0.15, 0.2) is 27.8 Å². The van der Waals surface area contributed by atoms with Crippen molar-refractivity contribution in [1.29, 1.82) is 0 Å². The maximum atomic E-state index is 5.68. The first-order valence-electron chi connectivity index (χ1n) is 5.65. The van der Waals surface area contributed by atoms with E-state index in [2.05, 4.69) is 4.98 Å². The van der Waals surface area contributed by atoms with Gasteiger partial charge in [-0.1, -0.05) is 11.8 Å². The van der Waals surface area contributed by atoms with Crippen LogP contribution in [0.1, 0.15) is 0 Å². The lowest BCUT2D eigenvalue weighted by Crippen LogP contribution is -2.04. The molecule has 5 nitrogen and oxygen atoms in total. The summed E-state index contributed by atoms with van der Waals surface area (Å²) in [6, 6.07) is 5.44. The molecule has 2 aromatic rings. The third-order valence-corrected chi connectivity index (χ3v) is 3.07. The van der Waals surface area contributed by atoms with E-state index in [1.807, 2.05) is 6.07 Å². The van der Waals surface area contributed by atoms with E-state index < -0.39 is 0 Å². The molecule has 1 aromatic carbocycles. The Morgan fingerprint density at radius 2 is 2.22 bits per heavy atom. The fourth-order valence-corrected chi connectivity index (χ4v) is 2.10. The minimum Gasteiger partial charge on any atom is -0.431 e. The van der Waals surface area contributed by atoms with Crippen molar-refractivity contribution in [3.05, 3.63) is 18.2 Å². The SMILES string of the molecule is COCCOCCSc1nc2cc(N)ccc2o1. The Balaban J connectivity index is 1.81. The van der Waals surface area contributed by atoms with E-state index >= 15 is 0 Å². The number of nitrogens with zero attached hydrogens (tertiary/aromatic N) is 1. The van der Waals surface area contributed by atoms with Crippen molar-refractivity contribution in [2.75, 3.05) is 38.4 Å². The number of thioether (sulfide) groups is 1. The summed E-state index contributed by atoms with van der Waals surface area (Å²) in [7, 11) is 1.65. The van der Waals surface area contributed by atoms with Gasteiger partial charge < -0.3 is 19.6 Å². The van der Waals surface area contributed by atoms with E-state index in [0.29, 0.717) is 30.7 Å². The fourth-order valence-electron chi connectivity index (χ4n) is 1.42. The lowest BCUT2D eigenvalue weighted by molar-refractivity contribution is 0.0789. The van der Waals surface area contributed by atoms with Gasteiger partial charge in [-0.05, 0) is 18.2 Å². The molecule has 0 radical (unpaired) electrons. The number of benzene rings is 1. The number of hydrogen-bond donors (Lipinski definition) is 1. The highest BCUT2D eigenvalue weighted by molar-refractivity contribution is 7.99. The molecule has 0 spiro atoms. The van der Waals surface area contributed by atoms with Crippen LogP contribution in [0.2, 0.25) is 0 Å². The molecule has 1 heterocycles. The largest absolute Gasteiger partial charge is 0.431 e. The number of nitrogen functional groups attached to an aromatic ring is 1. The van der Waals surface area contributed by atoms with Gasteiger partial charge in [-0.2, -0.15) is 0 Å². The molecule has 0 aliphatic rings. The highest BCUT2D eigenvalue weighted by Gasteiger charge is 2.06. The van der Waals surface area contributed by atoms with Gasteiger partial charge in [0.25, 0.3) is 5.22 Å². The van der Waals surface area contributed by atoms with Crippen molar-refractivity contribution in [1.82, 2.24) is 4.98 Å². The smallest absolute Gasteiger partial charge is 0.256 e. The van der Waals surface area contributed by atoms with Crippen molar-refractivity contribution >= 4 is 28.5 Å². The third kappa shape index (κ3) is 3.63. The monoisotopic (exact) mass is 268 g/mol. The maximum absolute atomic E-state index is 5.68. The summed E-state index contributed by atoms with van der Waals surface area (Å²) in [6.45, 7) is 1.88. The van der Waals surface area contributed by atoms with Gasteiger partial charge in [0.2, 0.25) is 0 Å². The summed E-state index contributed by atoms with van der Waals surface area (Å²) in [5, 5.41) is 0.644. The predicted molar refractivity (Wildman–Crippen MR) is 71.8 cm³/mol. The average Bonchev–Trinajstić information content (AvgIpc) is 2.75. The molecule has 0 unspecified atom stereocenters. The lowest BCUT2D eigenvalue weighted by atomic mass is 10.3. The predicted octanol–water partition coefficient (Wildman–Crippen LogP) is 2.17. The van der Waals surface area contributed by atoms with Gasteiger partial charge in [0, 0.05) is 18.6 Å². The number of hydrogen-bond acceptors (Lipinski definition) is 6. The summed E-state index contributed by atoms with van der Waals surface area (Å²) >= 11 is 1.53. The highest BCUT2D eigenvalue weighted by atomic mass is 32.2. The molecule has 0 saturated carbocycles. The lowest BCUT2D eigenvalue weighted by Gasteiger charge is -2.00. The van der Waals surface area contributed by atoms with Crippen LogP contribution in [0.4, 0.5) is 5.69 Å². The van der Waals surface area contributed by atoms with Crippen molar-refractivity contribution in [2.45, 2.75) is 5.22 Å². The molecule has 0 aliphatic carbocycles. The second-order valence-corrected chi connectivity index (χ2v) is 4.71. The Hall–Kier alpha value is -1.24. The zero-order valence-electron chi connectivity index (χ0n) is 10.2. The van der Waals surface area contributed by atoms with Crippen molar-refractivity contribution in [3.63, 3.8) is 0 Å². The van der Waals surface area contributed by atoms with Gasteiger partial charge in [-0.3, -0.25) is 0 Å². The van der Waals surface area contributed by atoms with Crippen LogP contribution in [0.5, 0.6) is 0 Å². The zero-order valence-corrected chi connectivity index (χ0v) is 11.0. The van der Waals surface area contributed by atoms with Gasteiger partial charge in [-0.25, -0.2) is 4.98 Å². The summed E-state index contributed by atoms with van der Waals surface area (Å²) in [5.41, 5.74) is 7.92. The topological polar surface area (TPSA) is 70.5 Å². The standard InChI is InChI=1S/C12H16N2O3S/c1-15-4-5-16-6-7-18-12-14-10-8-9(13)2-3-11(10)17-12/h2-3,8H,4-7,13H2,1H3. The Morgan fingerprint density at radius 1 is 1.33 bits per heavy atom. The second kappa shape index (κ2) is 6.63. The molecule has 0 amide bonds. The zero-order chi connectivity index (χ0) is 12.8. The molecule has 0 fully saturated rings. The number of rotatable bonds is 7. The molecule has 2 N–H and O–H groups in total. The highest BCUT2D eigenvalue weighted by Crippen LogP contribution is 2.24. The second-order valence-electron chi connectivity index (χ2n) is 3.66. The van der Waals surface area contributed by atoms with Crippen molar-refractivity contribution < 1.29 is 13.9 Å². The number of ether oxygens (including phenoxy) is 2. The van der Waals surface area contributed by atoms with Gasteiger partial charge in [0.15, 0.2) is 5.58 Å². The fraction of sp³-hybridized carbons (Fsp3) is 0.417. The summed E-state index contributed by atoms with van der Waals surface area (Å²) < 4.78 is 15.8. The Kier molecular flexibility index (Phi) is 4.86. The molecule has 0 saturated heterocycles. The average molecular weight is 268 g/mol. The number of fused-ring (bicyclic) bond motifs is 1. The first-order valence-corrected chi connectivity index (χ1v) is 6.63.